The molecule has 3 nitrogen and oxygen atoms in total. The molecule has 1 aromatic carbocycles. The molecular weight excluding hydrogens is 273 g/mol. The van der Waals surface area contributed by atoms with Crippen LogP contribution in [0.15, 0.2) is 29.6 Å². The minimum Gasteiger partial charge on any atom is -0.369 e. The number of nitrogens with zero attached hydrogens (tertiary/aromatic N) is 2. The number of hydrogen-bond acceptors (Lipinski definition) is 3. The van der Waals surface area contributed by atoms with Gasteiger partial charge in [-0.3, -0.25) is 0 Å². The SMILES string of the molecule is CCC(c1cccs1)n1c(N)nc2cc(F)c(C)cc21. The average Bonchev–Trinajstić information content (AvgIpc) is 3.02. The average molecular weight is 289 g/mol. The molecule has 0 aliphatic carbocycles. The lowest BCUT2D eigenvalue weighted by atomic mass is 10.1. The lowest BCUT2D eigenvalue weighted by molar-refractivity contribution is 0.597. The van der Waals surface area contributed by atoms with Crippen LogP contribution in [0.3, 0.4) is 0 Å². The predicted octanol–water partition coefficient (Wildman–Crippen LogP) is 4.13. The van der Waals surface area contributed by atoms with Crippen molar-refractivity contribution in [2.45, 2.75) is 26.3 Å². The normalized spacial score (nSPS) is 12.9. The highest BCUT2D eigenvalue weighted by Gasteiger charge is 2.19. The molecule has 2 heterocycles. The van der Waals surface area contributed by atoms with E-state index < -0.39 is 0 Å². The van der Waals surface area contributed by atoms with Crippen molar-refractivity contribution in [3.05, 3.63) is 45.9 Å². The van der Waals surface area contributed by atoms with E-state index in [-0.39, 0.29) is 11.9 Å². The highest BCUT2D eigenvalue weighted by Crippen LogP contribution is 2.32. The molecule has 0 aliphatic heterocycles. The molecule has 104 valence electrons. The summed E-state index contributed by atoms with van der Waals surface area (Å²) in [5, 5.41) is 2.05. The van der Waals surface area contributed by atoms with Crippen LogP contribution in [0, 0.1) is 12.7 Å². The maximum absolute atomic E-state index is 13.7. The zero-order valence-electron chi connectivity index (χ0n) is 11.4. The molecule has 0 bridgehead atoms. The van der Waals surface area contributed by atoms with Crippen molar-refractivity contribution in [2.75, 3.05) is 5.73 Å². The van der Waals surface area contributed by atoms with Gasteiger partial charge in [0.15, 0.2) is 0 Å². The van der Waals surface area contributed by atoms with Gasteiger partial charge in [0.05, 0.1) is 17.1 Å². The molecule has 3 rings (SSSR count). The van der Waals surface area contributed by atoms with E-state index in [9.17, 15) is 4.39 Å². The summed E-state index contributed by atoms with van der Waals surface area (Å²) >= 11 is 1.70. The summed E-state index contributed by atoms with van der Waals surface area (Å²) in [7, 11) is 0. The third-order valence-corrected chi connectivity index (χ3v) is 4.54. The minimum atomic E-state index is -0.244. The molecule has 0 fully saturated rings. The lowest BCUT2D eigenvalue weighted by Gasteiger charge is -2.18. The first kappa shape index (κ1) is 13.1. The van der Waals surface area contributed by atoms with Crippen LogP contribution < -0.4 is 5.73 Å². The second-order valence-electron chi connectivity index (χ2n) is 4.87. The topological polar surface area (TPSA) is 43.8 Å². The van der Waals surface area contributed by atoms with E-state index in [1.54, 1.807) is 18.3 Å². The number of aromatic nitrogens is 2. The molecule has 20 heavy (non-hydrogen) atoms. The van der Waals surface area contributed by atoms with Gasteiger partial charge in [-0.05, 0) is 36.4 Å². The lowest BCUT2D eigenvalue weighted by Crippen LogP contribution is -2.11. The van der Waals surface area contributed by atoms with Crippen molar-refractivity contribution in [1.29, 1.82) is 0 Å². The van der Waals surface area contributed by atoms with Gasteiger partial charge in [-0.25, -0.2) is 9.37 Å². The molecule has 0 spiro atoms. The van der Waals surface area contributed by atoms with Crippen LogP contribution in [0.25, 0.3) is 11.0 Å². The summed E-state index contributed by atoms with van der Waals surface area (Å²) in [5.41, 5.74) is 8.18. The highest BCUT2D eigenvalue weighted by atomic mass is 32.1. The van der Waals surface area contributed by atoms with Crippen molar-refractivity contribution in [2.24, 2.45) is 0 Å². The fraction of sp³-hybridized carbons (Fsp3) is 0.267. The number of imidazole rings is 1. The van der Waals surface area contributed by atoms with Crippen LogP contribution in [-0.2, 0) is 0 Å². The molecular formula is C15H16FN3S. The first-order valence-electron chi connectivity index (χ1n) is 6.58. The molecule has 1 atom stereocenters. The smallest absolute Gasteiger partial charge is 0.201 e. The van der Waals surface area contributed by atoms with Crippen LogP contribution >= 0.6 is 11.3 Å². The van der Waals surface area contributed by atoms with Crippen molar-refractivity contribution in [1.82, 2.24) is 9.55 Å². The van der Waals surface area contributed by atoms with Crippen LogP contribution in [-0.4, -0.2) is 9.55 Å². The molecule has 0 saturated heterocycles. The van der Waals surface area contributed by atoms with E-state index in [1.165, 1.54) is 10.9 Å². The zero-order chi connectivity index (χ0) is 14.3. The molecule has 1 unspecified atom stereocenters. The molecule has 0 amide bonds. The van der Waals surface area contributed by atoms with E-state index >= 15 is 0 Å². The number of benzene rings is 1. The molecule has 3 aromatic rings. The zero-order valence-corrected chi connectivity index (χ0v) is 12.2. The van der Waals surface area contributed by atoms with Crippen LogP contribution in [0.1, 0.15) is 29.8 Å². The Morgan fingerprint density at radius 1 is 1.45 bits per heavy atom. The second-order valence-corrected chi connectivity index (χ2v) is 5.85. The quantitative estimate of drug-likeness (QED) is 0.788. The van der Waals surface area contributed by atoms with Gasteiger partial charge >= 0.3 is 0 Å². The standard InChI is InChI=1S/C15H16FN3S/c1-3-12(14-5-4-6-20-14)19-13-7-9(2)10(16)8-11(13)18-15(19)17/h4-8,12H,3H2,1-2H3,(H2,17,18). The van der Waals surface area contributed by atoms with E-state index in [2.05, 4.69) is 23.4 Å². The number of halogens is 1. The largest absolute Gasteiger partial charge is 0.369 e. The summed E-state index contributed by atoms with van der Waals surface area (Å²) < 4.78 is 15.7. The third-order valence-electron chi connectivity index (χ3n) is 3.57. The monoisotopic (exact) mass is 289 g/mol. The number of fused-ring (bicyclic) bond motifs is 1. The molecule has 2 N–H and O–H groups in total. The molecule has 0 radical (unpaired) electrons. The summed E-state index contributed by atoms with van der Waals surface area (Å²) in [6.07, 6.45) is 0.909. The Hall–Kier alpha value is -1.88. The second kappa shape index (κ2) is 4.90. The first-order chi connectivity index (χ1) is 9.61. The molecule has 0 saturated carbocycles. The number of nitrogen functional groups attached to an aromatic ring is 1. The summed E-state index contributed by atoms with van der Waals surface area (Å²) in [6.45, 7) is 3.88. The molecule has 5 heteroatoms. The Kier molecular flexibility index (Phi) is 3.22. The Morgan fingerprint density at radius 3 is 2.90 bits per heavy atom. The number of nitrogens with two attached hydrogens (primary N) is 1. The fourth-order valence-corrected chi connectivity index (χ4v) is 3.46. The first-order valence-corrected chi connectivity index (χ1v) is 7.46. The number of thiophene rings is 1. The van der Waals surface area contributed by atoms with E-state index in [0.29, 0.717) is 17.0 Å². The van der Waals surface area contributed by atoms with Gasteiger partial charge in [0.25, 0.3) is 0 Å². The van der Waals surface area contributed by atoms with Gasteiger partial charge in [-0.15, -0.1) is 11.3 Å². The van der Waals surface area contributed by atoms with Crippen molar-refractivity contribution in [3.8, 4) is 0 Å². The predicted molar refractivity (Wildman–Crippen MR) is 81.6 cm³/mol. The fourth-order valence-electron chi connectivity index (χ4n) is 2.56. The molecule has 0 aliphatic rings. The third kappa shape index (κ3) is 1.98. The number of hydrogen-bond donors (Lipinski definition) is 1. The van der Waals surface area contributed by atoms with Gasteiger partial charge < -0.3 is 10.3 Å². The summed E-state index contributed by atoms with van der Waals surface area (Å²) in [5.74, 6) is 0.191. The van der Waals surface area contributed by atoms with Gasteiger partial charge in [0.2, 0.25) is 5.95 Å². The summed E-state index contributed by atoms with van der Waals surface area (Å²) in [4.78, 5) is 5.54. The van der Waals surface area contributed by atoms with Crippen molar-refractivity contribution >= 4 is 28.3 Å². The van der Waals surface area contributed by atoms with Crippen molar-refractivity contribution in [3.63, 3.8) is 0 Å². The minimum absolute atomic E-state index is 0.143. The number of anilines is 1. The van der Waals surface area contributed by atoms with Gasteiger partial charge in [0, 0.05) is 10.9 Å². The highest BCUT2D eigenvalue weighted by molar-refractivity contribution is 7.10. The Balaban J connectivity index is 2.24. The number of aryl methyl sites for hydroxylation is 1. The van der Waals surface area contributed by atoms with Crippen LogP contribution in [0.4, 0.5) is 10.3 Å². The van der Waals surface area contributed by atoms with Gasteiger partial charge in [-0.2, -0.15) is 0 Å². The van der Waals surface area contributed by atoms with Gasteiger partial charge in [0.1, 0.15) is 5.82 Å². The maximum atomic E-state index is 13.7. The number of rotatable bonds is 3. The Morgan fingerprint density at radius 2 is 2.25 bits per heavy atom. The van der Waals surface area contributed by atoms with Crippen molar-refractivity contribution < 1.29 is 4.39 Å². The Labute approximate surface area is 120 Å². The molecule has 2 aromatic heterocycles. The van der Waals surface area contributed by atoms with Crippen LogP contribution in [0.2, 0.25) is 0 Å². The van der Waals surface area contributed by atoms with E-state index in [0.717, 1.165) is 11.9 Å². The maximum Gasteiger partial charge on any atom is 0.201 e. The van der Waals surface area contributed by atoms with E-state index in [4.69, 9.17) is 5.73 Å². The van der Waals surface area contributed by atoms with Gasteiger partial charge in [-0.1, -0.05) is 13.0 Å². The van der Waals surface area contributed by atoms with Crippen LogP contribution in [0.5, 0.6) is 0 Å². The Bertz CT molecular complexity index is 746. The van der Waals surface area contributed by atoms with E-state index in [1.807, 2.05) is 16.7 Å². The summed E-state index contributed by atoms with van der Waals surface area (Å²) in [6, 6.07) is 7.55.